The van der Waals surface area contributed by atoms with Crippen molar-refractivity contribution in [3.05, 3.63) is 60.1 Å². The predicted molar refractivity (Wildman–Crippen MR) is 132 cm³/mol. The molecule has 0 bridgehead atoms. The van der Waals surface area contributed by atoms with E-state index in [1.807, 2.05) is 30.3 Å². The number of piperidine rings is 1. The van der Waals surface area contributed by atoms with Crippen LogP contribution in [-0.4, -0.2) is 46.2 Å². The Kier molecular flexibility index (Phi) is 6.42. The number of anilines is 3. The summed E-state index contributed by atoms with van der Waals surface area (Å²) in [5, 5.41) is 10.8. The van der Waals surface area contributed by atoms with E-state index in [-0.39, 0.29) is 11.8 Å². The van der Waals surface area contributed by atoms with E-state index in [0.717, 1.165) is 54.0 Å². The van der Waals surface area contributed by atoms with Crippen LogP contribution < -0.4 is 20.3 Å². The van der Waals surface area contributed by atoms with Gasteiger partial charge in [-0.15, -0.1) is 0 Å². The van der Waals surface area contributed by atoms with Crippen LogP contribution in [-0.2, 0) is 11.3 Å². The topological polar surface area (TPSA) is 118 Å². The molecular formula is C25H27N7O3. The zero-order valence-electron chi connectivity index (χ0n) is 19.7. The molecule has 4 heterocycles. The molecule has 0 spiro atoms. The summed E-state index contributed by atoms with van der Waals surface area (Å²) in [5.74, 6) is 3.21. The van der Waals surface area contributed by atoms with E-state index in [2.05, 4.69) is 35.6 Å². The van der Waals surface area contributed by atoms with Gasteiger partial charge in [0.15, 0.2) is 5.82 Å². The van der Waals surface area contributed by atoms with E-state index in [4.69, 9.17) is 9.26 Å². The Balaban J connectivity index is 1.24. The van der Waals surface area contributed by atoms with Crippen molar-refractivity contribution in [2.45, 2.75) is 26.3 Å². The highest BCUT2D eigenvalue weighted by Crippen LogP contribution is 2.28. The smallest absolute Gasteiger partial charge is 0.228 e. The van der Waals surface area contributed by atoms with Crippen molar-refractivity contribution in [2.24, 2.45) is 5.92 Å². The second-order valence-electron chi connectivity index (χ2n) is 8.50. The maximum atomic E-state index is 12.6. The molecule has 180 valence electrons. The fourth-order valence-corrected chi connectivity index (χ4v) is 4.31. The number of nitrogens with zero attached hydrogens (tertiary/aromatic N) is 5. The number of carbonyl (C=O) groups is 1. The molecule has 1 saturated heterocycles. The number of hydrogen-bond donors (Lipinski definition) is 2. The highest BCUT2D eigenvalue weighted by Gasteiger charge is 2.27. The van der Waals surface area contributed by atoms with Crippen LogP contribution >= 0.6 is 0 Å². The first-order chi connectivity index (χ1) is 17.1. The average molecular weight is 474 g/mol. The molecule has 0 aliphatic carbocycles. The fourth-order valence-electron chi connectivity index (χ4n) is 4.31. The predicted octanol–water partition coefficient (Wildman–Crippen LogP) is 3.80. The minimum Gasteiger partial charge on any atom is -0.496 e. The van der Waals surface area contributed by atoms with Crippen molar-refractivity contribution in [3.63, 3.8) is 0 Å². The maximum absolute atomic E-state index is 12.6. The molecule has 2 N–H and O–H groups in total. The Bertz CT molecular complexity index is 1330. The van der Waals surface area contributed by atoms with E-state index in [0.29, 0.717) is 24.1 Å². The number of hydrogen-bond acceptors (Lipinski definition) is 9. The normalized spacial score (nSPS) is 14.2. The summed E-state index contributed by atoms with van der Waals surface area (Å²) >= 11 is 0. The first-order valence-electron chi connectivity index (χ1n) is 11.6. The molecule has 0 unspecified atom stereocenters. The van der Waals surface area contributed by atoms with Gasteiger partial charge in [-0.3, -0.25) is 4.79 Å². The molecule has 10 heteroatoms. The number of methoxy groups -OCH3 is 1. The molecule has 1 aliphatic heterocycles. The van der Waals surface area contributed by atoms with Crippen LogP contribution in [0.4, 0.5) is 17.6 Å². The minimum atomic E-state index is -0.0831. The number of rotatable bonds is 7. The number of nitrogens with one attached hydrogen (secondary N) is 2. The molecular weight excluding hydrogens is 446 g/mol. The third-order valence-corrected chi connectivity index (χ3v) is 6.16. The van der Waals surface area contributed by atoms with Crippen LogP contribution in [0.5, 0.6) is 5.75 Å². The van der Waals surface area contributed by atoms with Gasteiger partial charge in [0.05, 0.1) is 18.0 Å². The Labute approximate surface area is 202 Å². The van der Waals surface area contributed by atoms with Gasteiger partial charge in [0.2, 0.25) is 11.9 Å². The number of pyridine rings is 1. The second kappa shape index (κ2) is 9.96. The quantitative estimate of drug-likeness (QED) is 0.413. The van der Waals surface area contributed by atoms with E-state index in [9.17, 15) is 4.79 Å². The molecule has 0 saturated carbocycles. The summed E-state index contributed by atoms with van der Waals surface area (Å²) in [4.78, 5) is 28.6. The average Bonchev–Trinajstić information content (AvgIpc) is 3.31. The molecule has 4 aromatic rings. The van der Waals surface area contributed by atoms with E-state index in [1.165, 1.54) is 0 Å². The van der Waals surface area contributed by atoms with Crippen LogP contribution in [0.25, 0.3) is 10.9 Å². The standard InChI is InChI=1S/C25H27N7O3/c1-16-13-22(31-35-16)30-24(33)17-8-11-32(12-9-17)23-19-15-28-25(29-20(19)7-10-26-23)27-14-18-5-3-4-6-21(18)34-2/h3-7,10,13,15,17H,8-9,11-12,14H2,1-2H3,(H,27,28,29)(H,30,31,33). The summed E-state index contributed by atoms with van der Waals surface area (Å²) in [6, 6.07) is 11.4. The largest absolute Gasteiger partial charge is 0.496 e. The van der Waals surface area contributed by atoms with Crippen LogP contribution in [0.1, 0.15) is 24.2 Å². The highest BCUT2D eigenvalue weighted by atomic mass is 16.5. The summed E-state index contributed by atoms with van der Waals surface area (Å²) in [6.07, 6.45) is 5.02. The number of ether oxygens (including phenoxy) is 1. The van der Waals surface area contributed by atoms with Crippen molar-refractivity contribution >= 4 is 34.4 Å². The van der Waals surface area contributed by atoms with Gasteiger partial charge < -0.3 is 24.8 Å². The van der Waals surface area contributed by atoms with Crippen LogP contribution in [0.3, 0.4) is 0 Å². The molecule has 5 rings (SSSR count). The van der Waals surface area contributed by atoms with Gasteiger partial charge in [-0.25, -0.2) is 15.0 Å². The molecule has 1 fully saturated rings. The van der Waals surface area contributed by atoms with Gasteiger partial charge >= 0.3 is 0 Å². The molecule has 3 aromatic heterocycles. The molecule has 35 heavy (non-hydrogen) atoms. The van der Waals surface area contributed by atoms with E-state index >= 15 is 0 Å². The molecule has 0 radical (unpaired) electrons. The number of amides is 1. The summed E-state index contributed by atoms with van der Waals surface area (Å²) in [6.45, 7) is 3.78. The zero-order chi connectivity index (χ0) is 24.2. The highest BCUT2D eigenvalue weighted by molar-refractivity contribution is 5.92. The molecule has 0 atom stereocenters. The minimum absolute atomic E-state index is 0.0297. The summed E-state index contributed by atoms with van der Waals surface area (Å²) in [5.41, 5.74) is 1.84. The first kappa shape index (κ1) is 22.6. The van der Waals surface area contributed by atoms with E-state index < -0.39 is 0 Å². The lowest BCUT2D eigenvalue weighted by atomic mass is 9.95. The first-order valence-corrected chi connectivity index (χ1v) is 11.6. The molecule has 1 aliphatic rings. The van der Waals surface area contributed by atoms with Gasteiger partial charge in [-0.1, -0.05) is 23.4 Å². The van der Waals surface area contributed by atoms with Gasteiger partial charge in [0.25, 0.3) is 0 Å². The Hall–Kier alpha value is -4.21. The van der Waals surface area contributed by atoms with Crippen molar-refractivity contribution in [3.8, 4) is 5.75 Å². The lowest BCUT2D eigenvalue weighted by Gasteiger charge is -2.32. The number of aromatic nitrogens is 4. The monoisotopic (exact) mass is 473 g/mol. The second-order valence-corrected chi connectivity index (χ2v) is 8.50. The number of carbonyl (C=O) groups excluding carboxylic acids is 1. The lowest BCUT2D eigenvalue weighted by Crippen LogP contribution is -2.38. The van der Waals surface area contributed by atoms with E-state index in [1.54, 1.807) is 32.5 Å². The number of para-hydroxylation sites is 1. The number of fused-ring (bicyclic) bond motifs is 1. The lowest BCUT2D eigenvalue weighted by molar-refractivity contribution is -0.120. The fraction of sp³-hybridized carbons (Fsp3) is 0.320. The SMILES string of the molecule is COc1ccccc1CNc1ncc2c(N3CCC(C(=O)Nc4cc(C)on4)CC3)nccc2n1. The Morgan fingerprint density at radius 2 is 2.03 bits per heavy atom. The molecule has 1 amide bonds. The number of benzene rings is 1. The Morgan fingerprint density at radius 1 is 1.20 bits per heavy atom. The zero-order valence-corrected chi connectivity index (χ0v) is 19.7. The van der Waals surface area contributed by atoms with Crippen molar-refractivity contribution in [1.82, 2.24) is 20.1 Å². The van der Waals surface area contributed by atoms with Gasteiger partial charge in [0, 0.05) is 49.6 Å². The Morgan fingerprint density at radius 3 is 2.80 bits per heavy atom. The van der Waals surface area contributed by atoms with Crippen molar-refractivity contribution < 1.29 is 14.1 Å². The van der Waals surface area contributed by atoms with Crippen molar-refractivity contribution in [2.75, 3.05) is 35.7 Å². The van der Waals surface area contributed by atoms with Gasteiger partial charge in [-0.05, 0) is 31.9 Å². The van der Waals surface area contributed by atoms with Crippen molar-refractivity contribution in [1.29, 1.82) is 0 Å². The molecule has 1 aromatic carbocycles. The maximum Gasteiger partial charge on any atom is 0.228 e. The van der Waals surface area contributed by atoms with Crippen LogP contribution in [0, 0.1) is 12.8 Å². The van der Waals surface area contributed by atoms with Crippen LogP contribution in [0.2, 0.25) is 0 Å². The number of aryl methyl sites for hydroxylation is 1. The van der Waals surface area contributed by atoms with Crippen LogP contribution in [0.15, 0.2) is 53.3 Å². The summed E-state index contributed by atoms with van der Waals surface area (Å²) < 4.78 is 10.4. The van der Waals surface area contributed by atoms with Gasteiger partial charge in [0.1, 0.15) is 17.3 Å². The molecule has 10 nitrogen and oxygen atoms in total. The third-order valence-electron chi connectivity index (χ3n) is 6.16. The third kappa shape index (κ3) is 5.01. The van der Waals surface area contributed by atoms with Gasteiger partial charge in [-0.2, -0.15) is 0 Å². The summed E-state index contributed by atoms with van der Waals surface area (Å²) in [7, 11) is 1.66.